The number of aromatic nitrogens is 2. The van der Waals surface area contributed by atoms with E-state index in [0.29, 0.717) is 38.4 Å². The molecular weight excluding hydrogens is 306 g/mol. The van der Waals surface area contributed by atoms with E-state index in [1.54, 1.807) is 18.5 Å². The molecule has 3 heterocycles. The van der Waals surface area contributed by atoms with Crippen LogP contribution in [0.3, 0.4) is 0 Å². The van der Waals surface area contributed by atoms with Crippen molar-refractivity contribution in [1.82, 2.24) is 24.1 Å². The molecule has 0 aromatic carbocycles. The summed E-state index contributed by atoms with van der Waals surface area (Å²) in [6.07, 6.45) is 2.05. The van der Waals surface area contributed by atoms with E-state index in [-0.39, 0.29) is 17.0 Å². The molecule has 2 fully saturated rings. The molecule has 0 saturated carbocycles. The number of amides is 1. The first-order chi connectivity index (χ1) is 10.4. The predicted octanol–water partition coefficient (Wildman–Crippen LogP) is -1.08. The van der Waals surface area contributed by atoms with E-state index in [2.05, 4.69) is 15.2 Å². The highest BCUT2D eigenvalue weighted by molar-refractivity contribution is 7.89. The molecule has 2 aliphatic rings. The van der Waals surface area contributed by atoms with Crippen LogP contribution in [0.5, 0.6) is 0 Å². The van der Waals surface area contributed by atoms with Crippen molar-refractivity contribution in [2.45, 2.75) is 24.4 Å². The monoisotopic (exact) mass is 327 g/mol. The fraction of sp³-hybridized carbons (Fsp3) is 0.692. The molecule has 3 rings (SSSR count). The molecule has 22 heavy (non-hydrogen) atoms. The van der Waals surface area contributed by atoms with Gasteiger partial charge in [-0.1, -0.05) is 0 Å². The van der Waals surface area contributed by atoms with Crippen molar-refractivity contribution in [2.75, 3.05) is 32.7 Å². The van der Waals surface area contributed by atoms with Crippen molar-refractivity contribution in [3.05, 3.63) is 12.0 Å². The molecule has 1 aromatic heterocycles. The third-order valence-electron chi connectivity index (χ3n) is 4.42. The van der Waals surface area contributed by atoms with Gasteiger partial charge in [0.1, 0.15) is 5.82 Å². The highest BCUT2D eigenvalue weighted by Gasteiger charge is 2.36. The molecule has 122 valence electrons. The van der Waals surface area contributed by atoms with Crippen LogP contribution in [0.4, 0.5) is 0 Å². The second kappa shape index (κ2) is 5.64. The van der Waals surface area contributed by atoms with Crippen LogP contribution in [0.25, 0.3) is 0 Å². The number of rotatable bonds is 2. The summed E-state index contributed by atoms with van der Waals surface area (Å²) in [7, 11) is -1.83. The molecule has 1 aromatic rings. The van der Waals surface area contributed by atoms with Gasteiger partial charge in [-0.05, 0) is 13.3 Å². The lowest BCUT2D eigenvalue weighted by Gasteiger charge is -2.32. The Morgan fingerprint density at radius 3 is 2.73 bits per heavy atom. The van der Waals surface area contributed by atoms with Crippen molar-refractivity contribution < 1.29 is 13.2 Å². The van der Waals surface area contributed by atoms with Gasteiger partial charge in [0.05, 0.1) is 6.04 Å². The van der Waals surface area contributed by atoms with Crippen LogP contribution in [0, 0.1) is 6.92 Å². The van der Waals surface area contributed by atoms with E-state index in [0.717, 1.165) is 6.54 Å². The van der Waals surface area contributed by atoms with Crippen LogP contribution in [0.1, 0.15) is 12.2 Å². The number of carbonyl (C=O) groups is 1. The smallest absolute Gasteiger partial charge is 0.262 e. The summed E-state index contributed by atoms with van der Waals surface area (Å²) < 4.78 is 28.6. The lowest BCUT2D eigenvalue weighted by Crippen LogP contribution is -2.55. The molecule has 9 heteroatoms. The Labute approximate surface area is 130 Å². The quantitative estimate of drug-likeness (QED) is 0.747. The summed E-state index contributed by atoms with van der Waals surface area (Å²) >= 11 is 0. The average Bonchev–Trinajstić information content (AvgIpc) is 2.70. The van der Waals surface area contributed by atoms with Gasteiger partial charge in [-0.2, -0.15) is 4.31 Å². The average molecular weight is 327 g/mol. The summed E-state index contributed by atoms with van der Waals surface area (Å²) in [5, 5.41) is 2.92. The van der Waals surface area contributed by atoms with Crippen molar-refractivity contribution in [2.24, 2.45) is 7.05 Å². The molecule has 0 radical (unpaired) electrons. The molecule has 0 aliphatic carbocycles. The number of piperazine rings is 1. The van der Waals surface area contributed by atoms with Gasteiger partial charge in [0, 0.05) is 46.0 Å². The SMILES string of the molecule is Cc1nc(S(=O)(=O)N2CCC3C(=O)NCCN3CC2)cn1C. The summed E-state index contributed by atoms with van der Waals surface area (Å²) in [5.74, 6) is 0.657. The number of hydrogen-bond donors (Lipinski definition) is 1. The van der Waals surface area contributed by atoms with Crippen LogP contribution in [-0.2, 0) is 21.9 Å². The van der Waals surface area contributed by atoms with Crippen LogP contribution < -0.4 is 5.32 Å². The molecule has 0 spiro atoms. The zero-order chi connectivity index (χ0) is 15.9. The summed E-state index contributed by atoms with van der Waals surface area (Å²) in [6.45, 7) is 4.47. The zero-order valence-corrected chi connectivity index (χ0v) is 13.6. The highest BCUT2D eigenvalue weighted by atomic mass is 32.2. The topological polar surface area (TPSA) is 87.5 Å². The van der Waals surface area contributed by atoms with E-state index in [1.165, 1.54) is 10.5 Å². The minimum absolute atomic E-state index is 0.000761. The van der Waals surface area contributed by atoms with Gasteiger partial charge in [-0.15, -0.1) is 0 Å². The number of fused-ring (bicyclic) bond motifs is 1. The Hall–Kier alpha value is -1.45. The van der Waals surface area contributed by atoms with Crippen LogP contribution in [0.2, 0.25) is 0 Å². The van der Waals surface area contributed by atoms with E-state index >= 15 is 0 Å². The maximum absolute atomic E-state index is 12.7. The molecule has 1 N–H and O–H groups in total. The van der Waals surface area contributed by atoms with Crippen LogP contribution in [0.15, 0.2) is 11.2 Å². The summed E-state index contributed by atoms with van der Waals surface area (Å²) in [5.41, 5.74) is 0. The highest BCUT2D eigenvalue weighted by Crippen LogP contribution is 2.20. The van der Waals surface area contributed by atoms with Crippen molar-refractivity contribution in [1.29, 1.82) is 0 Å². The Morgan fingerprint density at radius 1 is 1.27 bits per heavy atom. The normalized spacial score (nSPS) is 24.6. The molecular formula is C13H21N5O3S. The van der Waals surface area contributed by atoms with Gasteiger partial charge >= 0.3 is 0 Å². The first-order valence-electron chi connectivity index (χ1n) is 7.41. The van der Waals surface area contributed by atoms with E-state index in [9.17, 15) is 13.2 Å². The fourth-order valence-corrected chi connectivity index (χ4v) is 4.46. The number of imidazole rings is 1. The lowest BCUT2D eigenvalue weighted by molar-refractivity contribution is -0.128. The van der Waals surface area contributed by atoms with Gasteiger partial charge < -0.3 is 9.88 Å². The van der Waals surface area contributed by atoms with Crippen molar-refractivity contribution >= 4 is 15.9 Å². The zero-order valence-electron chi connectivity index (χ0n) is 12.8. The van der Waals surface area contributed by atoms with Gasteiger partial charge in [-0.3, -0.25) is 9.69 Å². The lowest BCUT2D eigenvalue weighted by atomic mass is 10.1. The third-order valence-corrected chi connectivity index (χ3v) is 6.19. The number of hydrogen-bond acceptors (Lipinski definition) is 5. The van der Waals surface area contributed by atoms with Crippen molar-refractivity contribution in [3.63, 3.8) is 0 Å². The molecule has 2 saturated heterocycles. The number of carbonyl (C=O) groups excluding carboxylic acids is 1. The standard InChI is InChI=1S/C13H21N5O3S/c1-10-15-12(9-16(10)2)22(20,21)18-5-3-11-13(19)14-4-6-17(11)7-8-18/h9,11H,3-8H2,1-2H3,(H,14,19). The Morgan fingerprint density at radius 2 is 2.05 bits per heavy atom. The fourth-order valence-electron chi connectivity index (χ4n) is 2.98. The van der Waals surface area contributed by atoms with Gasteiger partial charge in [0.25, 0.3) is 10.0 Å². The number of aryl methyl sites for hydroxylation is 2. The van der Waals surface area contributed by atoms with Gasteiger partial charge in [-0.25, -0.2) is 13.4 Å². The molecule has 2 aliphatic heterocycles. The molecule has 1 amide bonds. The molecule has 8 nitrogen and oxygen atoms in total. The maximum Gasteiger partial charge on any atom is 0.262 e. The number of nitrogens with zero attached hydrogens (tertiary/aromatic N) is 4. The first kappa shape index (κ1) is 15.4. The van der Waals surface area contributed by atoms with E-state index in [4.69, 9.17) is 0 Å². The summed E-state index contributed by atoms with van der Waals surface area (Å²) in [4.78, 5) is 18.1. The molecule has 0 bridgehead atoms. The van der Waals surface area contributed by atoms with Crippen LogP contribution >= 0.6 is 0 Å². The predicted molar refractivity (Wildman–Crippen MR) is 79.7 cm³/mol. The van der Waals surface area contributed by atoms with E-state index in [1.807, 2.05) is 0 Å². The minimum Gasteiger partial charge on any atom is -0.353 e. The van der Waals surface area contributed by atoms with E-state index < -0.39 is 10.0 Å². The molecule has 1 unspecified atom stereocenters. The third kappa shape index (κ3) is 2.64. The largest absolute Gasteiger partial charge is 0.353 e. The van der Waals surface area contributed by atoms with Gasteiger partial charge in [0.2, 0.25) is 5.91 Å². The van der Waals surface area contributed by atoms with Crippen LogP contribution in [-0.4, -0.2) is 71.8 Å². The Kier molecular flexibility index (Phi) is 3.96. The first-order valence-corrected chi connectivity index (χ1v) is 8.85. The maximum atomic E-state index is 12.7. The number of sulfonamides is 1. The Balaban J connectivity index is 1.82. The Bertz CT molecular complexity index is 664. The second-order valence-corrected chi connectivity index (χ2v) is 7.66. The minimum atomic E-state index is -3.60. The number of nitrogens with one attached hydrogen (secondary N) is 1. The van der Waals surface area contributed by atoms with Gasteiger partial charge in [0.15, 0.2) is 5.03 Å². The summed E-state index contributed by atoms with van der Waals surface area (Å²) in [6, 6.07) is -0.223. The molecule has 1 atom stereocenters. The second-order valence-electron chi connectivity index (χ2n) is 5.77. The van der Waals surface area contributed by atoms with Crippen molar-refractivity contribution in [3.8, 4) is 0 Å².